The van der Waals surface area contributed by atoms with Crippen LogP contribution in [-0.4, -0.2) is 43.8 Å². The number of carbonyl (C=O) groups excluding carboxylic acids is 3. The van der Waals surface area contributed by atoms with Crippen molar-refractivity contribution in [2.75, 3.05) is 19.8 Å². The topological polar surface area (TPSA) is 97.4 Å². The maximum Gasteiger partial charge on any atom is 0.343 e. The number of esters is 3. The Morgan fingerprint density at radius 1 is 0.688 bits per heavy atom. The van der Waals surface area contributed by atoms with E-state index >= 15 is 0 Å². The largest absolute Gasteiger partial charge is 0.494 e. The Labute approximate surface area is 283 Å². The number of ether oxygens (including phenoxy) is 5. The number of carbonyl (C=O) groups is 3. The lowest BCUT2D eigenvalue weighted by Crippen LogP contribution is -2.08. The van der Waals surface area contributed by atoms with Gasteiger partial charge < -0.3 is 23.7 Å². The Kier molecular flexibility index (Phi) is 14.8. The summed E-state index contributed by atoms with van der Waals surface area (Å²) >= 11 is 0. The van der Waals surface area contributed by atoms with Crippen LogP contribution in [-0.2, 0) is 19.1 Å². The zero-order valence-electron chi connectivity index (χ0n) is 27.7. The molecule has 1 fully saturated rings. The minimum absolute atomic E-state index is 0.0215. The van der Waals surface area contributed by atoms with E-state index < -0.39 is 11.9 Å². The summed E-state index contributed by atoms with van der Waals surface area (Å²) in [6, 6.07) is 22.3. The highest BCUT2D eigenvalue weighted by Gasteiger charge is 2.26. The molecule has 0 spiro atoms. The van der Waals surface area contributed by atoms with Gasteiger partial charge in [-0.05, 0) is 98.2 Å². The van der Waals surface area contributed by atoms with Crippen molar-refractivity contribution in [2.24, 2.45) is 0 Å². The van der Waals surface area contributed by atoms with E-state index in [1.807, 2.05) is 36.4 Å². The molecule has 3 aromatic rings. The van der Waals surface area contributed by atoms with E-state index in [9.17, 15) is 14.4 Å². The van der Waals surface area contributed by atoms with Crippen molar-refractivity contribution in [2.45, 2.75) is 76.7 Å². The first kappa shape index (κ1) is 36.0. The summed E-state index contributed by atoms with van der Waals surface area (Å²) in [7, 11) is 0. The quantitative estimate of drug-likeness (QED) is 0.0487. The average molecular weight is 655 g/mol. The van der Waals surface area contributed by atoms with Crippen molar-refractivity contribution in [3.05, 3.63) is 103 Å². The first-order chi connectivity index (χ1) is 23.4. The van der Waals surface area contributed by atoms with Gasteiger partial charge in [0.1, 0.15) is 23.4 Å². The highest BCUT2D eigenvalue weighted by molar-refractivity contribution is 5.91. The molecule has 0 N–H and O–H groups in total. The van der Waals surface area contributed by atoms with Gasteiger partial charge in [-0.15, -0.1) is 0 Å². The summed E-state index contributed by atoms with van der Waals surface area (Å²) in [6.45, 7) is 8.72. The van der Waals surface area contributed by atoms with Crippen LogP contribution in [0.3, 0.4) is 0 Å². The maximum atomic E-state index is 12.7. The molecular weight excluding hydrogens is 608 g/mol. The molecule has 1 aliphatic rings. The smallest absolute Gasteiger partial charge is 0.343 e. The fourth-order valence-corrected chi connectivity index (χ4v) is 5.28. The van der Waals surface area contributed by atoms with Crippen LogP contribution in [0.25, 0.3) is 11.1 Å². The average Bonchev–Trinajstić information content (AvgIpc) is 3.43. The lowest BCUT2D eigenvalue weighted by Gasteiger charge is -2.09. The summed E-state index contributed by atoms with van der Waals surface area (Å²) in [5.74, 6) is 0.927. The second-order valence-electron chi connectivity index (χ2n) is 11.8. The molecule has 1 heterocycles. The van der Waals surface area contributed by atoms with Crippen molar-refractivity contribution >= 4 is 17.9 Å². The molecule has 48 heavy (non-hydrogen) atoms. The second-order valence-corrected chi connectivity index (χ2v) is 11.8. The molecule has 1 atom stereocenters. The summed E-state index contributed by atoms with van der Waals surface area (Å²) in [4.78, 5) is 35.1. The number of rotatable bonds is 21. The van der Waals surface area contributed by atoms with E-state index in [-0.39, 0.29) is 12.1 Å². The monoisotopic (exact) mass is 654 g/mol. The minimum Gasteiger partial charge on any atom is -0.494 e. The van der Waals surface area contributed by atoms with Gasteiger partial charge in [-0.3, -0.25) is 0 Å². The maximum absolute atomic E-state index is 12.7. The number of hydrogen-bond acceptors (Lipinski definition) is 8. The van der Waals surface area contributed by atoms with Crippen LogP contribution >= 0.6 is 0 Å². The molecule has 0 amide bonds. The van der Waals surface area contributed by atoms with Crippen molar-refractivity contribution in [1.82, 2.24) is 0 Å². The van der Waals surface area contributed by atoms with E-state index in [0.717, 1.165) is 86.8 Å². The van der Waals surface area contributed by atoms with E-state index in [0.29, 0.717) is 43.1 Å². The molecule has 0 aromatic heterocycles. The third-order valence-corrected chi connectivity index (χ3v) is 8.04. The Bertz CT molecular complexity index is 1460. The fourth-order valence-electron chi connectivity index (χ4n) is 5.28. The normalized spacial score (nSPS) is 13.9. The molecule has 1 saturated heterocycles. The van der Waals surface area contributed by atoms with Gasteiger partial charge in [0.2, 0.25) is 0 Å². The molecule has 0 bridgehead atoms. The molecule has 0 saturated carbocycles. The summed E-state index contributed by atoms with van der Waals surface area (Å²) in [6.07, 6.45) is 11.9. The molecule has 0 aliphatic carbocycles. The lowest BCUT2D eigenvalue weighted by atomic mass is 10.0. The highest BCUT2D eigenvalue weighted by Crippen LogP contribution is 2.26. The molecule has 0 radical (unpaired) electrons. The molecule has 1 unspecified atom stereocenters. The molecule has 3 aromatic carbocycles. The Morgan fingerprint density at radius 3 is 1.75 bits per heavy atom. The molecule has 254 valence electrons. The van der Waals surface area contributed by atoms with Crippen molar-refractivity contribution in [1.29, 1.82) is 0 Å². The van der Waals surface area contributed by atoms with Crippen LogP contribution in [0.4, 0.5) is 0 Å². The molecular formula is C40H46O8. The fraction of sp³-hybridized carbons (Fsp3) is 0.375. The number of unbranched alkanes of at least 4 members (excludes halogenated alkanes) is 7. The van der Waals surface area contributed by atoms with Crippen LogP contribution in [0.5, 0.6) is 17.2 Å². The zero-order valence-corrected chi connectivity index (χ0v) is 27.7. The number of cyclic esters (lactones) is 1. The van der Waals surface area contributed by atoms with Gasteiger partial charge in [0, 0.05) is 18.1 Å². The standard InChI is InChI=1S/C40H46O8/c1-3-38(41)46-28-12-8-11-27-45-34-20-14-31(15-21-34)32-16-24-36(25-17-32)47-40(43)33-18-22-35(23-19-33)44-26-10-7-5-4-6-9-13-37-29-30(2)39(42)48-37/h3,14-25,37H,1-2,4-13,26-29H2. The zero-order chi connectivity index (χ0) is 34.0. The molecule has 1 aliphatic heterocycles. The van der Waals surface area contributed by atoms with Crippen molar-refractivity contribution < 1.29 is 38.1 Å². The highest BCUT2D eigenvalue weighted by atomic mass is 16.6. The SMILES string of the molecule is C=CC(=O)OCCCCCOc1ccc(-c2ccc(OC(=O)c3ccc(OCCCCCCCCC4CC(=C)C(=O)O4)cc3)cc2)cc1. The van der Waals surface area contributed by atoms with Crippen LogP contribution in [0.1, 0.15) is 81.0 Å². The van der Waals surface area contributed by atoms with Crippen molar-refractivity contribution in [3.8, 4) is 28.4 Å². The Balaban J connectivity index is 1.07. The number of benzene rings is 3. The van der Waals surface area contributed by atoms with Crippen LogP contribution in [0.15, 0.2) is 97.6 Å². The Hall–Kier alpha value is -4.85. The van der Waals surface area contributed by atoms with Gasteiger partial charge in [0.15, 0.2) is 0 Å². The molecule has 4 rings (SSSR count). The minimum atomic E-state index is -0.426. The van der Waals surface area contributed by atoms with E-state index in [4.69, 9.17) is 23.7 Å². The van der Waals surface area contributed by atoms with E-state index in [2.05, 4.69) is 13.2 Å². The molecule has 8 heteroatoms. The van der Waals surface area contributed by atoms with Gasteiger partial charge >= 0.3 is 17.9 Å². The third kappa shape index (κ3) is 12.4. The van der Waals surface area contributed by atoms with Gasteiger partial charge in [-0.25, -0.2) is 14.4 Å². The van der Waals surface area contributed by atoms with Crippen LogP contribution in [0.2, 0.25) is 0 Å². The van der Waals surface area contributed by atoms with Crippen LogP contribution in [0, 0.1) is 0 Å². The molecule has 8 nitrogen and oxygen atoms in total. The van der Waals surface area contributed by atoms with Gasteiger partial charge in [0.05, 0.1) is 25.4 Å². The first-order valence-electron chi connectivity index (χ1n) is 16.9. The summed E-state index contributed by atoms with van der Waals surface area (Å²) < 4.78 is 27.5. The van der Waals surface area contributed by atoms with Gasteiger partial charge in [-0.2, -0.15) is 0 Å². The third-order valence-electron chi connectivity index (χ3n) is 8.04. The first-order valence-corrected chi connectivity index (χ1v) is 16.9. The number of hydrogen-bond donors (Lipinski definition) is 0. The van der Waals surface area contributed by atoms with Crippen molar-refractivity contribution in [3.63, 3.8) is 0 Å². The summed E-state index contributed by atoms with van der Waals surface area (Å²) in [5.41, 5.74) is 3.07. The lowest BCUT2D eigenvalue weighted by molar-refractivity contribution is -0.139. The summed E-state index contributed by atoms with van der Waals surface area (Å²) in [5, 5.41) is 0. The van der Waals surface area contributed by atoms with Gasteiger partial charge in [0.25, 0.3) is 0 Å². The second kappa shape index (κ2) is 19.7. The predicted molar refractivity (Wildman–Crippen MR) is 185 cm³/mol. The Morgan fingerprint density at radius 2 is 1.19 bits per heavy atom. The van der Waals surface area contributed by atoms with Gasteiger partial charge in [-0.1, -0.05) is 63.1 Å². The van der Waals surface area contributed by atoms with E-state index in [1.165, 1.54) is 6.08 Å². The van der Waals surface area contributed by atoms with Crippen LogP contribution < -0.4 is 14.2 Å². The predicted octanol–water partition coefficient (Wildman–Crippen LogP) is 8.83. The van der Waals surface area contributed by atoms with E-state index in [1.54, 1.807) is 36.4 Å².